The summed E-state index contributed by atoms with van der Waals surface area (Å²) in [4.78, 5) is 16.8. The van der Waals surface area contributed by atoms with Gasteiger partial charge in [0.15, 0.2) is 5.65 Å². The molecule has 148 valence electrons. The van der Waals surface area contributed by atoms with Gasteiger partial charge in [0.05, 0.1) is 18.5 Å². The van der Waals surface area contributed by atoms with Crippen LogP contribution < -0.4 is 5.32 Å². The number of nitrogens with zero attached hydrogens (tertiary/aromatic N) is 3. The van der Waals surface area contributed by atoms with Gasteiger partial charge in [-0.1, -0.05) is 12.1 Å². The molecule has 3 aromatic heterocycles. The summed E-state index contributed by atoms with van der Waals surface area (Å²) in [5.74, 6) is 0.359. The Kier molecular flexibility index (Phi) is 5.12. The molecule has 7 heteroatoms. The molecular formula is C22H21FN4O2. The molecule has 6 nitrogen and oxygen atoms in total. The first kappa shape index (κ1) is 18.9. The van der Waals surface area contributed by atoms with Crippen molar-refractivity contribution in [3.05, 3.63) is 77.3 Å². The van der Waals surface area contributed by atoms with Gasteiger partial charge < -0.3 is 9.73 Å². The predicted molar refractivity (Wildman–Crippen MR) is 107 cm³/mol. The largest absolute Gasteiger partial charge is 0.467 e. The number of aromatic nitrogens is 3. The van der Waals surface area contributed by atoms with Crippen LogP contribution in [0.4, 0.5) is 4.39 Å². The molecule has 0 unspecified atom stereocenters. The molecular weight excluding hydrogens is 371 g/mol. The number of benzene rings is 1. The van der Waals surface area contributed by atoms with E-state index in [-0.39, 0.29) is 11.7 Å². The van der Waals surface area contributed by atoms with Crippen molar-refractivity contribution in [1.29, 1.82) is 0 Å². The van der Waals surface area contributed by atoms with E-state index in [9.17, 15) is 9.18 Å². The third-order valence-electron chi connectivity index (χ3n) is 4.93. The van der Waals surface area contributed by atoms with E-state index >= 15 is 0 Å². The maximum absolute atomic E-state index is 13.6. The van der Waals surface area contributed by atoms with E-state index in [0.717, 1.165) is 22.7 Å². The van der Waals surface area contributed by atoms with Crippen LogP contribution in [0.5, 0.6) is 0 Å². The van der Waals surface area contributed by atoms with Gasteiger partial charge in [-0.25, -0.2) is 13.9 Å². The van der Waals surface area contributed by atoms with E-state index < -0.39 is 0 Å². The monoisotopic (exact) mass is 392 g/mol. The summed E-state index contributed by atoms with van der Waals surface area (Å²) in [6.07, 6.45) is 2.48. The summed E-state index contributed by atoms with van der Waals surface area (Å²) in [5, 5.41) is 7.45. The van der Waals surface area contributed by atoms with Crippen molar-refractivity contribution in [2.24, 2.45) is 0 Å². The Labute approximate surface area is 167 Å². The van der Waals surface area contributed by atoms with Crippen LogP contribution >= 0.6 is 0 Å². The number of carbonyl (C=O) groups excluding carboxylic acids is 1. The fourth-order valence-corrected chi connectivity index (χ4v) is 3.40. The first-order chi connectivity index (χ1) is 14.0. The summed E-state index contributed by atoms with van der Waals surface area (Å²) in [6.45, 7) is 4.26. The van der Waals surface area contributed by atoms with Crippen LogP contribution in [0.1, 0.15) is 29.1 Å². The number of carbonyl (C=O) groups is 1. The molecule has 0 fully saturated rings. The zero-order valence-corrected chi connectivity index (χ0v) is 16.3. The van der Waals surface area contributed by atoms with Crippen molar-refractivity contribution >= 4 is 11.6 Å². The fraction of sp³-hybridized carbons (Fsp3) is 0.227. The lowest BCUT2D eigenvalue weighted by Crippen LogP contribution is -2.23. The number of furan rings is 1. The van der Waals surface area contributed by atoms with Crippen molar-refractivity contribution in [3.63, 3.8) is 0 Å². The SMILES string of the molecule is Cc1nc2cc(-c3cccc(F)c3)nn2c(C)c1CCC(=O)NCc1ccco1. The van der Waals surface area contributed by atoms with Gasteiger partial charge in [-0.05, 0) is 50.1 Å². The second-order valence-electron chi connectivity index (χ2n) is 6.93. The second kappa shape index (κ2) is 7.87. The quantitative estimate of drug-likeness (QED) is 0.538. The van der Waals surface area contributed by atoms with Gasteiger partial charge in [0.25, 0.3) is 0 Å². The van der Waals surface area contributed by atoms with Crippen molar-refractivity contribution < 1.29 is 13.6 Å². The van der Waals surface area contributed by atoms with Crippen molar-refractivity contribution in [3.8, 4) is 11.3 Å². The minimum Gasteiger partial charge on any atom is -0.467 e. The second-order valence-corrected chi connectivity index (χ2v) is 6.93. The zero-order chi connectivity index (χ0) is 20.4. The highest BCUT2D eigenvalue weighted by atomic mass is 19.1. The summed E-state index contributed by atoms with van der Waals surface area (Å²) >= 11 is 0. The van der Waals surface area contributed by atoms with E-state index in [1.165, 1.54) is 12.1 Å². The van der Waals surface area contributed by atoms with Crippen molar-refractivity contribution in [2.45, 2.75) is 33.2 Å². The van der Waals surface area contributed by atoms with E-state index in [1.807, 2.05) is 32.0 Å². The average molecular weight is 392 g/mol. The number of hydrogen-bond donors (Lipinski definition) is 1. The highest BCUT2D eigenvalue weighted by Crippen LogP contribution is 2.23. The fourth-order valence-electron chi connectivity index (χ4n) is 3.40. The summed E-state index contributed by atoms with van der Waals surface area (Å²) in [6, 6.07) is 11.8. The Morgan fingerprint density at radius 1 is 1.21 bits per heavy atom. The zero-order valence-electron chi connectivity index (χ0n) is 16.3. The smallest absolute Gasteiger partial charge is 0.220 e. The molecule has 0 radical (unpaired) electrons. The molecule has 1 aromatic carbocycles. The molecule has 4 rings (SSSR count). The molecule has 1 amide bonds. The lowest BCUT2D eigenvalue weighted by atomic mass is 10.1. The number of halogens is 1. The Hall–Kier alpha value is -3.48. The van der Waals surface area contributed by atoms with E-state index in [1.54, 1.807) is 22.9 Å². The molecule has 0 atom stereocenters. The van der Waals surface area contributed by atoms with Gasteiger partial charge in [0.2, 0.25) is 5.91 Å². The Bertz CT molecular complexity index is 1170. The average Bonchev–Trinajstić information content (AvgIpc) is 3.36. The van der Waals surface area contributed by atoms with Crippen LogP contribution in [-0.4, -0.2) is 20.5 Å². The van der Waals surface area contributed by atoms with Gasteiger partial charge in [-0.15, -0.1) is 0 Å². The predicted octanol–water partition coefficient (Wildman–Crippen LogP) is 3.99. The number of aryl methyl sites for hydroxylation is 2. The Balaban J connectivity index is 1.53. The third kappa shape index (κ3) is 4.03. The van der Waals surface area contributed by atoms with Crippen molar-refractivity contribution in [2.75, 3.05) is 0 Å². The molecule has 0 aliphatic heterocycles. The van der Waals surface area contributed by atoms with Gasteiger partial charge in [-0.2, -0.15) is 5.10 Å². The highest BCUT2D eigenvalue weighted by molar-refractivity contribution is 5.76. The topological polar surface area (TPSA) is 72.4 Å². The molecule has 0 bridgehead atoms. The standard InChI is InChI=1S/C22H21FN4O2/c1-14-19(8-9-22(28)24-13-18-7-4-10-29-18)15(2)27-21(25-14)12-20(26-27)16-5-3-6-17(23)11-16/h3-7,10-12H,8-9,13H2,1-2H3,(H,24,28). The maximum Gasteiger partial charge on any atom is 0.220 e. The number of fused-ring (bicyclic) bond motifs is 1. The van der Waals surface area contributed by atoms with E-state index in [2.05, 4.69) is 15.4 Å². The van der Waals surface area contributed by atoms with Crippen LogP contribution in [0.2, 0.25) is 0 Å². The molecule has 1 N–H and O–H groups in total. The number of hydrogen-bond acceptors (Lipinski definition) is 4. The molecule has 0 saturated heterocycles. The number of nitrogens with one attached hydrogen (secondary N) is 1. The van der Waals surface area contributed by atoms with Gasteiger partial charge in [-0.3, -0.25) is 4.79 Å². The first-order valence-electron chi connectivity index (χ1n) is 9.42. The van der Waals surface area contributed by atoms with Crippen molar-refractivity contribution in [1.82, 2.24) is 19.9 Å². The Morgan fingerprint density at radius 3 is 2.83 bits per heavy atom. The van der Waals surface area contributed by atoms with Crippen LogP contribution in [0.3, 0.4) is 0 Å². The summed E-state index contributed by atoms with van der Waals surface area (Å²) in [5.41, 5.74) is 4.83. The molecule has 29 heavy (non-hydrogen) atoms. The summed E-state index contributed by atoms with van der Waals surface area (Å²) in [7, 11) is 0. The minimum atomic E-state index is -0.304. The summed E-state index contributed by atoms with van der Waals surface area (Å²) < 4.78 is 20.5. The number of amides is 1. The maximum atomic E-state index is 13.6. The lowest BCUT2D eigenvalue weighted by Gasteiger charge is -2.11. The minimum absolute atomic E-state index is 0.0544. The molecule has 4 aromatic rings. The van der Waals surface area contributed by atoms with E-state index in [0.29, 0.717) is 36.3 Å². The lowest BCUT2D eigenvalue weighted by molar-refractivity contribution is -0.121. The highest BCUT2D eigenvalue weighted by Gasteiger charge is 2.14. The molecule has 3 heterocycles. The number of rotatable bonds is 6. The normalized spacial score (nSPS) is 11.1. The van der Waals surface area contributed by atoms with Crippen LogP contribution in [0, 0.1) is 19.7 Å². The van der Waals surface area contributed by atoms with Gasteiger partial charge in [0.1, 0.15) is 11.6 Å². The van der Waals surface area contributed by atoms with Crippen LogP contribution in [0.25, 0.3) is 16.9 Å². The first-order valence-corrected chi connectivity index (χ1v) is 9.42. The van der Waals surface area contributed by atoms with Gasteiger partial charge >= 0.3 is 0 Å². The van der Waals surface area contributed by atoms with Crippen LogP contribution in [-0.2, 0) is 17.8 Å². The Morgan fingerprint density at radius 2 is 2.07 bits per heavy atom. The third-order valence-corrected chi connectivity index (χ3v) is 4.93. The molecule has 0 aliphatic rings. The van der Waals surface area contributed by atoms with Gasteiger partial charge in [0, 0.05) is 29.4 Å². The van der Waals surface area contributed by atoms with Crippen LogP contribution in [0.15, 0.2) is 53.1 Å². The molecule has 0 aliphatic carbocycles. The molecule has 0 spiro atoms. The molecule has 0 saturated carbocycles. The van der Waals surface area contributed by atoms with E-state index in [4.69, 9.17) is 4.42 Å².